The minimum atomic E-state index is 0.477. The second-order valence-electron chi connectivity index (χ2n) is 5.29. The maximum absolute atomic E-state index is 5.36. The van der Waals surface area contributed by atoms with Gasteiger partial charge in [-0.25, -0.2) is 0 Å². The summed E-state index contributed by atoms with van der Waals surface area (Å²) in [6, 6.07) is 11.9. The van der Waals surface area contributed by atoms with E-state index in [1.165, 1.54) is 18.4 Å². The third-order valence-corrected chi connectivity index (χ3v) is 3.95. The molecular formula is C17H24N2. The molecule has 0 radical (unpaired) electrons. The highest BCUT2D eigenvalue weighted by atomic mass is 15.1. The van der Waals surface area contributed by atoms with Gasteiger partial charge in [0.2, 0.25) is 0 Å². The first-order valence-corrected chi connectivity index (χ1v) is 7.30. The van der Waals surface area contributed by atoms with Crippen LogP contribution in [-0.4, -0.2) is 30.6 Å². The Morgan fingerprint density at radius 1 is 1.32 bits per heavy atom. The third kappa shape index (κ3) is 4.09. The maximum atomic E-state index is 5.36. The monoisotopic (exact) mass is 256 g/mol. The summed E-state index contributed by atoms with van der Waals surface area (Å²) < 4.78 is 0. The smallest absolute Gasteiger partial charge is 0.0598 e. The van der Waals surface area contributed by atoms with Gasteiger partial charge in [-0.15, -0.1) is 6.42 Å². The lowest BCUT2D eigenvalue weighted by Gasteiger charge is -2.33. The van der Waals surface area contributed by atoms with Crippen molar-refractivity contribution in [2.24, 2.45) is 0 Å². The number of piperidine rings is 1. The van der Waals surface area contributed by atoms with E-state index in [1.54, 1.807) is 0 Å². The van der Waals surface area contributed by atoms with Gasteiger partial charge in [0.25, 0.3) is 0 Å². The number of likely N-dealkylation sites (tertiary alicyclic amines) is 1. The van der Waals surface area contributed by atoms with Crippen LogP contribution >= 0.6 is 0 Å². The number of rotatable bonds is 5. The number of hydrogen-bond acceptors (Lipinski definition) is 2. The predicted octanol–water partition coefficient (Wildman–Crippen LogP) is 2.82. The van der Waals surface area contributed by atoms with Crippen LogP contribution in [0.5, 0.6) is 0 Å². The first-order chi connectivity index (χ1) is 9.33. The van der Waals surface area contributed by atoms with E-state index in [-0.39, 0.29) is 0 Å². The second-order valence-corrected chi connectivity index (χ2v) is 5.29. The second kappa shape index (κ2) is 7.33. The van der Waals surface area contributed by atoms with E-state index in [4.69, 9.17) is 6.42 Å². The summed E-state index contributed by atoms with van der Waals surface area (Å²) in [5.74, 6) is 2.74. The average Bonchev–Trinajstić information content (AvgIpc) is 2.48. The molecule has 1 aliphatic heterocycles. The van der Waals surface area contributed by atoms with Gasteiger partial charge in [0.1, 0.15) is 0 Å². The van der Waals surface area contributed by atoms with Gasteiger partial charge < -0.3 is 5.32 Å². The van der Waals surface area contributed by atoms with Gasteiger partial charge >= 0.3 is 0 Å². The van der Waals surface area contributed by atoms with Crippen LogP contribution in [0.1, 0.15) is 37.8 Å². The lowest BCUT2D eigenvalue weighted by Crippen LogP contribution is -2.43. The van der Waals surface area contributed by atoms with Gasteiger partial charge in [-0.2, -0.15) is 0 Å². The van der Waals surface area contributed by atoms with E-state index in [0.717, 1.165) is 26.1 Å². The molecule has 1 aromatic rings. The molecule has 1 atom stereocenters. The molecule has 1 fully saturated rings. The highest BCUT2D eigenvalue weighted by Gasteiger charge is 2.21. The van der Waals surface area contributed by atoms with E-state index in [9.17, 15) is 0 Å². The van der Waals surface area contributed by atoms with Crippen molar-refractivity contribution in [3.8, 4) is 12.3 Å². The average molecular weight is 256 g/mol. The molecular weight excluding hydrogens is 232 g/mol. The van der Waals surface area contributed by atoms with E-state index in [1.807, 2.05) is 0 Å². The van der Waals surface area contributed by atoms with Gasteiger partial charge in [-0.05, 0) is 24.8 Å². The Bertz CT molecular complexity index is 399. The molecule has 2 heteroatoms. The lowest BCUT2D eigenvalue weighted by molar-refractivity contribution is 0.208. The molecule has 19 heavy (non-hydrogen) atoms. The molecule has 0 saturated carbocycles. The van der Waals surface area contributed by atoms with Crippen LogP contribution in [0.15, 0.2) is 30.3 Å². The summed E-state index contributed by atoms with van der Waals surface area (Å²) in [7, 11) is 0. The van der Waals surface area contributed by atoms with Crippen LogP contribution in [0.3, 0.4) is 0 Å². The highest BCUT2D eigenvalue weighted by Crippen LogP contribution is 2.20. The summed E-state index contributed by atoms with van der Waals surface area (Å²) in [4.78, 5) is 2.36. The molecule has 1 saturated heterocycles. The molecule has 1 heterocycles. The fourth-order valence-corrected chi connectivity index (χ4v) is 2.81. The van der Waals surface area contributed by atoms with Crippen LogP contribution in [0.2, 0.25) is 0 Å². The summed E-state index contributed by atoms with van der Waals surface area (Å²) in [6.07, 6.45) is 8.90. The molecule has 1 aromatic carbocycles. The molecule has 1 N–H and O–H groups in total. The standard InChI is InChI=1S/C17H24N2/c1-3-12-19-13-10-16(11-14-19)18-17(4-2)15-8-6-5-7-9-15/h1,5-9,16-18H,4,10-14H2,2H3. The molecule has 0 spiro atoms. The van der Waals surface area contributed by atoms with Crippen LogP contribution < -0.4 is 5.32 Å². The van der Waals surface area contributed by atoms with Gasteiger partial charge in [-0.3, -0.25) is 4.90 Å². The van der Waals surface area contributed by atoms with Crippen LogP contribution in [0, 0.1) is 12.3 Å². The number of terminal acetylenes is 1. The van der Waals surface area contributed by atoms with Crippen molar-refractivity contribution >= 4 is 0 Å². The SMILES string of the molecule is C#CCN1CCC(NC(CC)c2ccccc2)CC1. The quantitative estimate of drug-likeness (QED) is 0.815. The predicted molar refractivity (Wildman–Crippen MR) is 80.9 cm³/mol. The van der Waals surface area contributed by atoms with Crippen molar-refractivity contribution in [2.75, 3.05) is 19.6 Å². The normalized spacial score (nSPS) is 18.9. The topological polar surface area (TPSA) is 15.3 Å². The maximum Gasteiger partial charge on any atom is 0.0598 e. The Balaban J connectivity index is 1.86. The summed E-state index contributed by atoms with van der Waals surface area (Å²) in [5, 5.41) is 3.81. The Kier molecular flexibility index (Phi) is 5.44. The highest BCUT2D eigenvalue weighted by molar-refractivity contribution is 5.18. The fraction of sp³-hybridized carbons (Fsp3) is 0.529. The van der Waals surface area contributed by atoms with Crippen molar-refractivity contribution in [1.82, 2.24) is 10.2 Å². The van der Waals surface area contributed by atoms with Crippen LogP contribution in [0.4, 0.5) is 0 Å². The van der Waals surface area contributed by atoms with Crippen molar-refractivity contribution in [2.45, 2.75) is 38.3 Å². The number of nitrogens with one attached hydrogen (secondary N) is 1. The van der Waals surface area contributed by atoms with Gasteiger partial charge in [0, 0.05) is 25.2 Å². The zero-order chi connectivity index (χ0) is 13.5. The van der Waals surface area contributed by atoms with Crippen molar-refractivity contribution in [3.05, 3.63) is 35.9 Å². The lowest BCUT2D eigenvalue weighted by atomic mass is 9.99. The Hall–Kier alpha value is -1.30. The van der Waals surface area contributed by atoms with Gasteiger partial charge in [0.15, 0.2) is 0 Å². The van der Waals surface area contributed by atoms with Crippen LogP contribution in [0.25, 0.3) is 0 Å². The number of hydrogen-bond donors (Lipinski definition) is 1. The largest absolute Gasteiger partial charge is 0.307 e. The van der Waals surface area contributed by atoms with E-state index < -0.39 is 0 Å². The van der Waals surface area contributed by atoms with E-state index in [0.29, 0.717) is 12.1 Å². The first-order valence-electron chi connectivity index (χ1n) is 7.30. The molecule has 0 aliphatic carbocycles. The molecule has 102 valence electrons. The Labute approximate surface area is 117 Å². The van der Waals surface area contributed by atoms with Crippen LogP contribution in [-0.2, 0) is 0 Å². The zero-order valence-electron chi connectivity index (χ0n) is 11.8. The van der Waals surface area contributed by atoms with Gasteiger partial charge in [0.05, 0.1) is 6.54 Å². The van der Waals surface area contributed by atoms with Crippen molar-refractivity contribution in [3.63, 3.8) is 0 Å². The minimum absolute atomic E-state index is 0.477. The molecule has 1 aliphatic rings. The summed E-state index contributed by atoms with van der Waals surface area (Å²) in [5.41, 5.74) is 1.40. The third-order valence-electron chi connectivity index (χ3n) is 3.95. The number of benzene rings is 1. The first kappa shape index (κ1) is 14.1. The molecule has 2 nitrogen and oxygen atoms in total. The Morgan fingerprint density at radius 2 is 2.00 bits per heavy atom. The van der Waals surface area contributed by atoms with E-state index in [2.05, 4.69) is 53.4 Å². The fourth-order valence-electron chi connectivity index (χ4n) is 2.81. The van der Waals surface area contributed by atoms with Crippen molar-refractivity contribution < 1.29 is 0 Å². The summed E-state index contributed by atoms with van der Waals surface area (Å²) in [6.45, 7) is 5.28. The molecule has 0 amide bonds. The zero-order valence-corrected chi connectivity index (χ0v) is 11.8. The van der Waals surface area contributed by atoms with Gasteiger partial charge in [-0.1, -0.05) is 43.2 Å². The Morgan fingerprint density at radius 3 is 2.58 bits per heavy atom. The molecule has 2 rings (SSSR count). The molecule has 0 bridgehead atoms. The molecule has 1 unspecified atom stereocenters. The summed E-state index contributed by atoms with van der Waals surface area (Å²) >= 11 is 0. The molecule has 0 aromatic heterocycles. The van der Waals surface area contributed by atoms with E-state index >= 15 is 0 Å². The van der Waals surface area contributed by atoms with Crippen molar-refractivity contribution in [1.29, 1.82) is 0 Å². The number of nitrogens with zero attached hydrogens (tertiary/aromatic N) is 1. The minimum Gasteiger partial charge on any atom is -0.307 e.